The molecule has 0 radical (unpaired) electrons. The van der Waals surface area contributed by atoms with Crippen LogP contribution in [0.3, 0.4) is 0 Å². The lowest BCUT2D eigenvalue weighted by atomic mass is 9.90. The van der Waals surface area contributed by atoms with E-state index in [1.807, 2.05) is 20.0 Å². The Morgan fingerprint density at radius 3 is 3.00 bits per heavy atom. The molecule has 14 heavy (non-hydrogen) atoms. The Kier molecular flexibility index (Phi) is 4.02. The lowest BCUT2D eigenvalue weighted by molar-refractivity contribution is 0.447. The number of imidazole rings is 1. The van der Waals surface area contributed by atoms with Crippen LogP contribution in [-0.4, -0.2) is 15.7 Å². The zero-order valence-electron chi connectivity index (χ0n) is 8.58. The van der Waals surface area contributed by atoms with Crippen LogP contribution in [0.25, 0.3) is 0 Å². The number of hydrogen-bond donors (Lipinski definition) is 1. The van der Waals surface area contributed by atoms with E-state index in [1.54, 1.807) is 18.0 Å². The van der Waals surface area contributed by atoms with Gasteiger partial charge in [0.2, 0.25) is 0 Å². The summed E-state index contributed by atoms with van der Waals surface area (Å²) < 4.78 is 0. The summed E-state index contributed by atoms with van der Waals surface area (Å²) in [6.07, 6.45) is 5.56. The molecule has 1 aromatic heterocycles. The third-order valence-electron chi connectivity index (χ3n) is 1.96. The van der Waals surface area contributed by atoms with E-state index in [0.29, 0.717) is 0 Å². The Hall–Kier alpha value is -0.950. The molecule has 4 heteroatoms. The van der Waals surface area contributed by atoms with E-state index < -0.39 is 0 Å². The topological polar surface area (TPSA) is 52.5 Å². The van der Waals surface area contributed by atoms with Gasteiger partial charge in [-0.3, -0.25) is 0 Å². The van der Waals surface area contributed by atoms with Gasteiger partial charge in [0.25, 0.3) is 0 Å². The molecule has 0 unspecified atom stereocenters. The van der Waals surface area contributed by atoms with Crippen molar-refractivity contribution in [1.29, 1.82) is 5.26 Å². The number of nitrogens with one attached hydrogen (secondary N) is 1. The number of nitrogens with zero attached hydrogens (tertiary/aromatic N) is 2. The third-order valence-corrected chi connectivity index (χ3v) is 2.95. The molecule has 0 aliphatic carbocycles. The molecular formula is C10H15N3S. The standard InChI is InChI=1S/C10H15N3S/c1-10(2,8-11)4-3-7-14-9-12-5-6-13-9/h5-6H,3-4,7H2,1-2H3,(H,12,13). The van der Waals surface area contributed by atoms with Crippen molar-refractivity contribution in [1.82, 2.24) is 9.97 Å². The molecule has 0 amide bonds. The highest BCUT2D eigenvalue weighted by Gasteiger charge is 2.15. The molecule has 0 saturated heterocycles. The first-order valence-corrected chi connectivity index (χ1v) is 5.66. The Morgan fingerprint density at radius 1 is 1.64 bits per heavy atom. The highest BCUT2D eigenvalue weighted by Crippen LogP contribution is 2.23. The van der Waals surface area contributed by atoms with E-state index in [2.05, 4.69) is 16.0 Å². The molecule has 1 aromatic rings. The molecular weight excluding hydrogens is 194 g/mol. The molecule has 0 fully saturated rings. The molecule has 1 heterocycles. The fourth-order valence-electron chi connectivity index (χ4n) is 1.07. The van der Waals surface area contributed by atoms with Crippen LogP contribution in [0.2, 0.25) is 0 Å². The van der Waals surface area contributed by atoms with Crippen LogP contribution in [0.15, 0.2) is 17.6 Å². The SMILES string of the molecule is CC(C)(C#N)CCCSc1ncc[nH]1. The van der Waals surface area contributed by atoms with Gasteiger partial charge in [-0.05, 0) is 26.7 Å². The van der Waals surface area contributed by atoms with Crippen molar-refractivity contribution in [3.8, 4) is 6.07 Å². The van der Waals surface area contributed by atoms with Gasteiger partial charge in [0.15, 0.2) is 5.16 Å². The Balaban J connectivity index is 2.15. The summed E-state index contributed by atoms with van der Waals surface area (Å²) in [6.45, 7) is 3.95. The molecule has 1 rings (SSSR count). The van der Waals surface area contributed by atoms with Crippen molar-refractivity contribution >= 4 is 11.8 Å². The van der Waals surface area contributed by atoms with Gasteiger partial charge in [0.1, 0.15) is 0 Å². The maximum Gasteiger partial charge on any atom is 0.165 e. The number of nitriles is 1. The van der Waals surface area contributed by atoms with Crippen LogP contribution in [0.1, 0.15) is 26.7 Å². The van der Waals surface area contributed by atoms with Gasteiger partial charge in [0.05, 0.1) is 11.5 Å². The maximum absolute atomic E-state index is 8.80. The Labute approximate surface area is 88.9 Å². The number of thioether (sulfide) groups is 1. The number of aromatic amines is 1. The predicted molar refractivity (Wildman–Crippen MR) is 57.9 cm³/mol. The number of hydrogen-bond acceptors (Lipinski definition) is 3. The predicted octanol–water partition coefficient (Wildman–Crippen LogP) is 2.83. The van der Waals surface area contributed by atoms with Crippen molar-refractivity contribution in [3.05, 3.63) is 12.4 Å². The zero-order chi connectivity index (χ0) is 10.4. The van der Waals surface area contributed by atoms with Gasteiger partial charge in [-0.25, -0.2) is 4.98 Å². The van der Waals surface area contributed by atoms with E-state index in [0.717, 1.165) is 23.8 Å². The molecule has 0 bridgehead atoms. The minimum atomic E-state index is -0.191. The van der Waals surface area contributed by atoms with Crippen LogP contribution in [-0.2, 0) is 0 Å². The van der Waals surface area contributed by atoms with Gasteiger partial charge < -0.3 is 4.98 Å². The highest BCUT2D eigenvalue weighted by atomic mass is 32.2. The summed E-state index contributed by atoms with van der Waals surface area (Å²) in [5.74, 6) is 1.01. The van der Waals surface area contributed by atoms with E-state index in [-0.39, 0.29) is 5.41 Å². The summed E-state index contributed by atoms with van der Waals surface area (Å²) in [6, 6.07) is 2.30. The number of H-pyrrole nitrogens is 1. The molecule has 0 atom stereocenters. The van der Waals surface area contributed by atoms with Crippen molar-refractivity contribution < 1.29 is 0 Å². The average molecular weight is 209 g/mol. The summed E-state index contributed by atoms with van der Waals surface area (Å²) in [4.78, 5) is 7.15. The minimum Gasteiger partial charge on any atom is -0.340 e. The lowest BCUT2D eigenvalue weighted by Crippen LogP contribution is -2.07. The molecule has 0 aliphatic heterocycles. The third kappa shape index (κ3) is 3.84. The second-order valence-electron chi connectivity index (χ2n) is 3.84. The summed E-state index contributed by atoms with van der Waals surface area (Å²) in [7, 11) is 0. The monoisotopic (exact) mass is 209 g/mol. The molecule has 76 valence electrons. The first-order valence-electron chi connectivity index (χ1n) is 4.67. The summed E-state index contributed by atoms with van der Waals surface area (Å²) in [5.41, 5.74) is -0.191. The van der Waals surface area contributed by atoms with Gasteiger partial charge in [-0.1, -0.05) is 11.8 Å². The minimum absolute atomic E-state index is 0.191. The van der Waals surface area contributed by atoms with Gasteiger partial charge in [-0.2, -0.15) is 5.26 Å². The summed E-state index contributed by atoms with van der Waals surface area (Å²) >= 11 is 1.70. The van der Waals surface area contributed by atoms with Crippen molar-refractivity contribution in [3.63, 3.8) is 0 Å². The van der Waals surface area contributed by atoms with Gasteiger partial charge in [0, 0.05) is 18.1 Å². The fraction of sp³-hybridized carbons (Fsp3) is 0.600. The van der Waals surface area contributed by atoms with Crippen molar-refractivity contribution in [2.24, 2.45) is 5.41 Å². The molecule has 0 aromatic carbocycles. The van der Waals surface area contributed by atoms with Crippen LogP contribution in [0.4, 0.5) is 0 Å². The molecule has 0 spiro atoms. The zero-order valence-corrected chi connectivity index (χ0v) is 9.40. The fourth-order valence-corrected chi connectivity index (χ4v) is 1.84. The van der Waals surface area contributed by atoms with Crippen LogP contribution >= 0.6 is 11.8 Å². The van der Waals surface area contributed by atoms with Crippen molar-refractivity contribution in [2.45, 2.75) is 31.8 Å². The Bertz CT molecular complexity index is 298. The molecule has 3 nitrogen and oxygen atoms in total. The normalized spacial score (nSPS) is 11.2. The van der Waals surface area contributed by atoms with Crippen LogP contribution < -0.4 is 0 Å². The highest BCUT2D eigenvalue weighted by molar-refractivity contribution is 7.99. The number of aromatic nitrogens is 2. The van der Waals surface area contributed by atoms with Crippen LogP contribution in [0, 0.1) is 16.7 Å². The number of rotatable bonds is 5. The molecule has 0 aliphatic rings. The van der Waals surface area contributed by atoms with Crippen LogP contribution in [0.5, 0.6) is 0 Å². The van der Waals surface area contributed by atoms with Crippen molar-refractivity contribution in [2.75, 3.05) is 5.75 Å². The van der Waals surface area contributed by atoms with Gasteiger partial charge in [-0.15, -0.1) is 0 Å². The quantitative estimate of drug-likeness (QED) is 0.599. The maximum atomic E-state index is 8.80. The average Bonchev–Trinajstić information content (AvgIpc) is 2.65. The van der Waals surface area contributed by atoms with E-state index in [9.17, 15) is 0 Å². The molecule has 1 N–H and O–H groups in total. The first kappa shape index (κ1) is 11.1. The van der Waals surface area contributed by atoms with E-state index in [4.69, 9.17) is 5.26 Å². The first-order chi connectivity index (χ1) is 6.64. The van der Waals surface area contributed by atoms with Gasteiger partial charge >= 0.3 is 0 Å². The largest absolute Gasteiger partial charge is 0.340 e. The second kappa shape index (κ2) is 5.06. The second-order valence-corrected chi connectivity index (χ2v) is 4.93. The van der Waals surface area contributed by atoms with E-state index >= 15 is 0 Å². The Morgan fingerprint density at radius 2 is 2.43 bits per heavy atom. The smallest absolute Gasteiger partial charge is 0.165 e. The van der Waals surface area contributed by atoms with E-state index in [1.165, 1.54) is 0 Å². The summed E-state index contributed by atoms with van der Waals surface area (Å²) in [5, 5.41) is 9.76. The lowest BCUT2D eigenvalue weighted by Gasteiger charge is -2.13. The molecule has 0 saturated carbocycles.